The van der Waals surface area contributed by atoms with E-state index in [-0.39, 0.29) is 17.4 Å². The van der Waals surface area contributed by atoms with Crippen LogP contribution in [0, 0.1) is 5.82 Å². The van der Waals surface area contributed by atoms with E-state index in [0.717, 1.165) is 16.9 Å². The lowest BCUT2D eigenvalue weighted by Gasteiger charge is -2.11. The van der Waals surface area contributed by atoms with Crippen LogP contribution in [0.1, 0.15) is 28.5 Å². The number of benzene rings is 2. The van der Waals surface area contributed by atoms with Crippen molar-refractivity contribution < 1.29 is 23.5 Å². The number of amides is 1. The van der Waals surface area contributed by atoms with Crippen molar-refractivity contribution in [3.8, 4) is 5.75 Å². The molecule has 2 aromatic carbocycles. The molecule has 8 nitrogen and oxygen atoms in total. The fraction of sp³-hybridized carbons (Fsp3) is 0.222. The third kappa shape index (κ3) is 5.46. The molecule has 9 heteroatoms. The number of hydrogen-bond acceptors (Lipinski definition) is 6. The average molecular weight is 491 g/mol. The molecule has 0 radical (unpaired) electrons. The third-order valence-corrected chi connectivity index (χ3v) is 5.77. The SMILES string of the molecule is COC(=O)c1c(NC(C)=O)c2cc(NCc3ccc(F)cc3)cnc2n1CCc1ccc(OC)cc1. The van der Waals surface area contributed by atoms with E-state index in [1.807, 2.05) is 30.3 Å². The Hall–Kier alpha value is -4.40. The monoisotopic (exact) mass is 490 g/mol. The molecule has 2 aromatic heterocycles. The number of nitrogens with one attached hydrogen (secondary N) is 2. The van der Waals surface area contributed by atoms with Crippen LogP contribution in [0.25, 0.3) is 11.0 Å². The summed E-state index contributed by atoms with van der Waals surface area (Å²) in [6.45, 7) is 2.26. The van der Waals surface area contributed by atoms with E-state index in [1.54, 1.807) is 30.0 Å². The molecule has 186 valence electrons. The number of esters is 1. The fourth-order valence-corrected chi connectivity index (χ4v) is 3.99. The van der Waals surface area contributed by atoms with Crippen LogP contribution in [0.3, 0.4) is 0 Å². The van der Waals surface area contributed by atoms with E-state index in [9.17, 15) is 14.0 Å². The minimum Gasteiger partial charge on any atom is -0.497 e. The van der Waals surface area contributed by atoms with Gasteiger partial charge in [0, 0.05) is 25.4 Å². The van der Waals surface area contributed by atoms with Crippen molar-refractivity contribution in [2.75, 3.05) is 24.9 Å². The number of anilines is 2. The van der Waals surface area contributed by atoms with Gasteiger partial charge in [-0.3, -0.25) is 4.79 Å². The first-order valence-corrected chi connectivity index (χ1v) is 11.4. The lowest BCUT2D eigenvalue weighted by atomic mass is 10.1. The van der Waals surface area contributed by atoms with E-state index >= 15 is 0 Å². The van der Waals surface area contributed by atoms with Crippen LogP contribution >= 0.6 is 0 Å². The topological polar surface area (TPSA) is 94.5 Å². The lowest BCUT2D eigenvalue weighted by Crippen LogP contribution is -2.16. The molecule has 36 heavy (non-hydrogen) atoms. The molecular formula is C27H27FN4O4. The van der Waals surface area contributed by atoms with Crippen molar-refractivity contribution in [3.63, 3.8) is 0 Å². The quantitative estimate of drug-likeness (QED) is 0.328. The van der Waals surface area contributed by atoms with E-state index < -0.39 is 5.97 Å². The second kappa shape index (κ2) is 10.9. The molecule has 4 aromatic rings. The number of ether oxygens (including phenoxy) is 2. The number of methoxy groups -OCH3 is 2. The number of rotatable bonds is 9. The summed E-state index contributed by atoms with van der Waals surface area (Å²) in [6, 6.07) is 15.7. The van der Waals surface area contributed by atoms with Gasteiger partial charge in [0.15, 0.2) is 5.69 Å². The summed E-state index contributed by atoms with van der Waals surface area (Å²) in [7, 11) is 2.91. The Kier molecular flexibility index (Phi) is 7.48. The first kappa shape index (κ1) is 24.7. The van der Waals surface area contributed by atoms with Crippen LogP contribution in [0.5, 0.6) is 5.75 Å². The minimum atomic E-state index is -0.577. The Bertz CT molecular complexity index is 1380. The summed E-state index contributed by atoms with van der Waals surface area (Å²) >= 11 is 0. The lowest BCUT2D eigenvalue weighted by molar-refractivity contribution is -0.114. The number of aromatic nitrogens is 2. The summed E-state index contributed by atoms with van der Waals surface area (Å²) in [5.74, 6) is -0.435. The van der Waals surface area contributed by atoms with Crippen molar-refractivity contribution in [2.45, 2.75) is 26.4 Å². The molecule has 0 bridgehead atoms. The zero-order valence-corrected chi connectivity index (χ0v) is 20.3. The minimum absolute atomic E-state index is 0.222. The van der Waals surface area contributed by atoms with E-state index in [4.69, 9.17) is 9.47 Å². The second-order valence-electron chi connectivity index (χ2n) is 8.22. The molecule has 0 saturated carbocycles. The van der Waals surface area contributed by atoms with Gasteiger partial charge in [0.25, 0.3) is 0 Å². The van der Waals surface area contributed by atoms with Gasteiger partial charge in [-0.15, -0.1) is 0 Å². The highest BCUT2D eigenvalue weighted by atomic mass is 19.1. The van der Waals surface area contributed by atoms with Crippen molar-refractivity contribution in [1.82, 2.24) is 9.55 Å². The van der Waals surface area contributed by atoms with Gasteiger partial charge < -0.3 is 24.7 Å². The summed E-state index contributed by atoms with van der Waals surface area (Å²) in [5.41, 5.74) is 3.73. The van der Waals surface area contributed by atoms with Gasteiger partial charge in [0.2, 0.25) is 5.91 Å². The number of pyridine rings is 1. The van der Waals surface area contributed by atoms with Gasteiger partial charge in [0.1, 0.15) is 17.2 Å². The highest BCUT2D eigenvalue weighted by Gasteiger charge is 2.25. The van der Waals surface area contributed by atoms with Gasteiger partial charge >= 0.3 is 5.97 Å². The molecular weight excluding hydrogens is 463 g/mol. The fourth-order valence-electron chi connectivity index (χ4n) is 3.99. The van der Waals surface area contributed by atoms with Crippen LogP contribution in [-0.2, 0) is 29.0 Å². The van der Waals surface area contributed by atoms with Crippen LogP contribution in [-0.4, -0.2) is 35.6 Å². The normalized spacial score (nSPS) is 10.8. The zero-order chi connectivity index (χ0) is 25.7. The number of carbonyl (C=O) groups is 2. The number of fused-ring (bicyclic) bond motifs is 1. The van der Waals surface area contributed by atoms with Crippen LogP contribution in [0.4, 0.5) is 15.8 Å². The Balaban J connectivity index is 1.71. The Labute approximate surface area is 208 Å². The Morgan fingerprint density at radius 3 is 2.36 bits per heavy atom. The molecule has 0 saturated heterocycles. The smallest absolute Gasteiger partial charge is 0.356 e. The number of aryl methyl sites for hydroxylation is 2. The number of halogens is 1. The van der Waals surface area contributed by atoms with E-state index in [2.05, 4.69) is 15.6 Å². The zero-order valence-electron chi connectivity index (χ0n) is 20.3. The maximum absolute atomic E-state index is 13.2. The Morgan fingerprint density at radius 1 is 1.03 bits per heavy atom. The van der Waals surface area contributed by atoms with Crippen molar-refractivity contribution in [2.24, 2.45) is 0 Å². The second-order valence-corrected chi connectivity index (χ2v) is 8.22. The molecule has 2 N–H and O–H groups in total. The standard InChI is InChI=1S/C27H27FN4O4/c1-17(33)31-24-23-14-21(29-15-19-4-8-20(28)9-5-19)16-30-26(23)32(25(24)27(34)36-3)13-12-18-6-10-22(35-2)11-7-18/h4-11,14,16,29H,12-13,15H2,1-3H3,(H,31,33). The van der Waals surface area contributed by atoms with Gasteiger partial charge in [-0.25, -0.2) is 14.2 Å². The molecule has 0 atom stereocenters. The molecule has 4 rings (SSSR count). The van der Waals surface area contributed by atoms with E-state index in [1.165, 1.54) is 26.2 Å². The maximum atomic E-state index is 13.2. The Morgan fingerprint density at radius 2 is 1.72 bits per heavy atom. The molecule has 0 spiro atoms. The summed E-state index contributed by atoms with van der Waals surface area (Å²) in [4.78, 5) is 29.5. The summed E-state index contributed by atoms with van der Waals surface area (Å²) in [6.07, 6.45) is 2.28. The molecule has 0 aliphatic carbocycles. The third-order valence-electron chi connectivity index (χ3n) is 5.77. The largest absolute Gasteiger partial charge is 0.497 e. The van der Waals surface area contributed by atoms with Crippen molar-refractivity contribution in [1.29, 1.82) is 0 Å². The van der Waals surface area contributed by atoms with Crippen LogP contribution in [0.15, 0.2) is 60.8 Å². The predicted octanol–water partition coefficient (Wildman–Crippen LogP) is 4.78. The molecule has 0 aliphatic rings. The first-order chi connectivity index (χ1) is 17.4. The first-order valence-electron chi connectivity index (χ1n) is 11.4. The van der Waals surface area contributed by atoms with E-state index in [0.29, 0.717) is 41.9 Å². The molecule has 0 unspecified atom stereocenters. The number of carbonyl (C=O) groups excluding carboxylic acids is 2. The highest BCUT2D eigenvalue weighted by molar-refractivity contribution is 6.10. The van der Waals surface area contributed by atoms with Crippen LogP contribution in [0.2, 0.25) is 0 Å². The average Bonchev–Trinajstić information content (AvgIpc) is 3.18. The molecule has 1 amide bonds. The molecule has 0 fully saturated rings. The number of nitrogens with zero attached hydrogens (tertiary/aromatic N) is 2. The molecule has 2 heterocycles. The van der Waals surface area contributed by atoms with Gasteiger partial charge in [-0.1, -0.05) is 24.3 Å². The van der Waals surface area contributed by atoms with Gasteiger partial charge in [-0.2, -0.15) is 0 Å². The predicted molar refractivity (Wildman–Crippen MR) is 136 cm³/mol. The van der Waals surface area contributed by atoms with Gasteiger partial charge in [0.05, 0.1) is 31.8 Å². The van der Waals surface area contributed by atoms with Crippen molar-refractivity contribution >= 4 is 34.3 Å². The van der Waals surface area contributed by atoms with Crippen molar-refractivity contribution in [3.05, 3.63) is 83.4 Å². The highest BCUT2D eigenvalue weighted by Crippen LogP contribution is 2.33. The van der Waals surface area contributed by atoms with Crippen LogP contribution < -0.4 is 15.4 Å². The van der Waals surface area contributed by atoms with Gasteiger partial charge in [-0.05, 0) is 47.9 Å². The molecule has 0 aliphatic heterocycles. The maximum Gasteiger partial charge on any atom is 0.356 e. The number of hydrogen-bond donors (Lipinski definition) is 2. The summed E-state index contributed by atoms with van der Waals surface area (Å²) in [5, 5.41) is 6.65. The summed E-state index contributed by atoms with van der Waals surface area (Å²) < 4.78 is 25.2.